The van der Waals surface area contributed by atoms with E-state index in [1.807, 2.05) is 18.2 Å². The van der Waals surface area contributed by atoms with Gasteiger partial charge in [-0.15, -0.1) is 0 Å². The van der Waals surface area contributed by atoms with Crippen LogP contribution in [0.3, 0.4) is 0 Å². The molecule has 0 amide bonds. The quantitative estimate of drug-likeness (QED) is 0.792. The number of para-hydroxylation sites is 1. The molecule has 6 heteroatoms. The van der Waals surface area contributed by atoms with Crippen LogP contribution in [0, 0.1) is 0 Å². The maximum atomic E-state index is 6.15. The van der Waals surface area contributed by atoms with Gasteiger partial charge < -0.3 is 14.8 Å². The molecule has 1 aliphatic rings. The van der Waals surface area contributed by atoms with Crippen LogP contribution in [0.15, 0.2) is 30.3 Å². The molecule has 0 saturated heterocycles. The molecule has 0 bridgehead atoms. The number of nitrogens with one attached hydrogen (secondary N) is 1. The first kappa shape index (κ1) is 14.6. The van der Waals surface area contributed by atoms with Crippen LogP contribution >= 0.6 is 34.8 Å². The van der Waals surface area contributed by atoms with Crippen LogP contribution in [0.5, 0.6) is 11.5 Å². The molecule has 3 rings (SSSR count). The summed E-state index contributed by atoms with van der Waals surface area (Å²) in [5.41, 5.74) is 1.72. The normalized spacial score (nSPS) is 13.1. The van der Waals surface area contributed by atoms with Crippen molar-refractivity contribution in [3.63, 3.8) is 0 Å². The second-order valence-corrected chi connectivity index (χ2v) is 5.76. The van der Waals surface area contributed by atoms with Gasteiger partial charge in [-0.2, -0.15) is 0 Å². The van der Waals surface area contributed by atoms with Gasteiger partial charge >= 0.3 is 0 Å². The average molecular weight is 345 g/mol. The first-order valence-electron chi connectivity index (χ1n) is 6.41. The Bertz CT molecular complexity index is 676. The zero-order chi connectivity index (χ0) is 14.8. The molecule has 21 heavy (non-hydrogen) atoms. The molecule has 0 aliphatic carbocycles. The highest BCUT2D eigenvalue weighted by molar-refractivity contribution is 6.44. The molecule has 1 N–H and O–H groups in total. The topological polar surface area (TPSA) is 30.5 Å². The van der Waals surface area contributed by atoms with Gasteiger partial charge in [0.05, 0.1) is 20.8 Å². The number of halogens is 3. The first-order chi connectivity index (χ1) is 10.1. The summed E-state index contributed by atoms with van der Waals surface area (Å²) in [6.45, 7) is 1.67. The Hall–Kier alpha value is -1.29. The van der Waals surface area contributed by atoms with Crippen LogP contribution in [-0.2, 0) is 6.54 Å². The molecular weight excluding hydrogens is 333 g/mol. The molecule has 2 aromatic carbocycles. The standard InChI is InChI=1S/C15H12Cl3NO2/c16-10-6-12(18)13(7-11(10)17)19-8-9-2-1-3-14-15(9)21-5-4-20-14/h1-3,6-7,19H,4-5,8H2. The van der Waals surface area contributed by atoms with E-state index in [1.165, 1.54) is 0 Å². The number of anilines is 1. The van der Waals surface area contributed by atoms with E-state index >= 15 is 0 Å². The van der Waals surface area contributed by atoms with Crippen molar-refractivity contribution >= 4 is 40.5 Å². The van der Waals surface area contributed by atoms with Crippen LogP contribution in [0.25, 0.3) is 0 Å². The molecule has 0 aromatic heterocycles. The highest BCUT2D eigenvalue weighted by Gasteiger charge is 2.15. The molecule has 1 aliphatic heterocycles. The smallest absolute Gasteiger partial charge is 0.166 e. The minimum atomic E-state index is 0.432. The summed E-state index contributed by atoms with van der Waals surface area (Å²) in [5.74, 6) is 1.54. The van der Waals surface area contributed by atoms with E-state index in [9.17, 15) is 0 Å². The Balaban J connectivity index is 1.81. The summed E-state index contributed by atoms with van der Waals surface area (Å²) >= 11 is 18.1. The highest BCUT2D eigenvalue weighted by atomic mass is 35.5. The number of benzene rings is 2. The predicted molar refractivity (Wildman–Crippen MR) is 86.2 cm³/mol. The Kier molecular flexibility index (Phi) is 4.34. The van der Waals surface area contributed by atoms with E-state index in [2.05, 4.69) is 5.32 Å². The van der Waals surface area contributed by atoms with Crippen molar-refractivity contribution in [2.45, 2.75) is 6.54 Å². The van der Waals surface area contributed by atoms with Gasteiger partial charge in [-0.25, -0.2) is 0 Å². The van der Waals surface area contributed by atoms with E-state index in [0.717, 1.165) is 22.7 Å². The molecule has 0 radical (unpaired) electrons. The number of hydrogen-bond donors (Lipinski definition) is 1. The Morgan fingerprint density at radius 1 is 0.952 bits per heavy atom. The molecule has 1 heterocycles. The Labute approximate surface area is 137 Å². The summed E-state index contributed by atoms with van der Waals surface area (Å²) in [5, 5.41) is 4.64. The summed E-state index contributed by atoms with van der Waals surface area (Å²) in [6.07, 6.45) is 0. The van der Waals surface area contributed by atoms with Gasteiger partial charge in [0.2, 0.25) is 0 Å². The zero-order valence-corrected chi connectivity index (χ0v) is 13.2. The second-order valence-electron chi connectivity index (χ2n) is 4.54. The van der Waals surface area contributed by atoms with Crippen molar-refractivity contribution < 1.29 is 9.47 Å². The summed E-state index contributed by atoms with van der Waals surface area (Å²) < 4.78 is 11.2. The first-order valence-corrected chi connectivity index (χ1v) is 7.54. The van der Waals surface area contributed by atoms with Gasteiger partial charge in [0.1, 0.15) is 13.2 Å². The fourth-order valence-corrected chi connectivity index (χ4v) is 2.74. The van der Waals surface area contributed by atoms with Crippen molar-refractivity contribution in [2.24, 2.45) is 0 Å². The van der Waals surface area contributed by atoms with Crippen LogP contribution in [0.2, 0.25) is 15.1 Å². The SMILES string of the molecule is Clc1cc(Cl)c(NCc2cccc3c2OCCO3)cc1Cl. The molecule has 0 atom stereocenters. The van der Waals surface area contributed by atoms with E-state index in [-0.39, 0.29) is 0 Å². The molecule has 0 unspecified atom stereocenters. The van der Waals surface area contributed by atoms with Gasteiger partial charge in [0.15, 0.2) is 11.5 Å². The zero-order valence-electron chi connectivity index (χ0n) is 11.0. The predicted octanol–water partition coefficient (Wildman–Crippen LogP) is 5.03. The molecule has 0 spiro atoms. The maximum Gasteiger partial charge on any atom is 0.166 e. The van der Waals surface area contributed by atoms with Crippen LogP contribution in [0.1, 0.15) is 5.56 Å². The van der Waals surface area contributed by atoms with Crippen molar-refractivity contribution in [3.05, 3.63) is 51.0 Å². The fourth-order valence-electron chi connectivity index (χ4n) is 2.12. The highest BCUT2D eigenvalue weighted by Crippen LogP contribution is 2.36. The third-order valence-electron chi connectivity index (χ3n) is 3.13. The largest absolute Gasteiger partial charge is 0.486 e. The van der Waals surface area contributed by atoms with Crippen LogP contribution in [-0.4, -0.2) is 13.2 Å². The summed E-state index contributed by atoms with van der Waals surface area (Å²) in [4.78, 5) is 0. The van der Waals surface area contributed by atoms with Crippen molar-refractivity contribution in [3.8, 4) is 11.5 Å². The minimum absolute atomic E-state index is 0.432. The van der Waals surface area contributed by atoms with Crippen LogP contribution in [0.4, 0.5) is 5.69 Å². The molecular formula is C15H12Cl3NO2. The summed E-state index contributed by atoms with van der Waals surface area (Å²) in [6, 6.07) is 9.13. The molecule has 2 aromatic rings. The van der Waals surface area contributed by atoms with Crippen LogP contribution < -0.4 is 14.8 Å². The van der Waals surface area contributed by atoms with Gasteiger partial charge in [-0.05, 0) is 18.2 Å². The third kappa shape index (κ3) is 3.15. The monoisotopic (exact) mass is 343 g/mol. The molecule has 110 valence electrons. The Morgan fingerprint density at radius 2 is 1.71 bits per heavy atom. The lowest BCUT2D eigenvalue weighted by molar-refractivity contribution is 0.170. The van der Waals surface area contributed by atoms with Gasteiger partial charge in [-0.3, -0.25) is 0 Å². The number of rotatable bonds is 3. The number of fused-ring (bicyclic) bond motifs is 1. The Morgan fingerprint density at radius 3 is 2.57 bits per heavy atom. The van der Waals surface area contributed by atoms with E-state index < -0.39 is 0 Å². The van der Waals surface area contributed by atoms with E-state index in [4.69, 9.17) is 44.3 Å². The lowest BCUT2D eigenvalue weighted by atomic mass is 10.1. The second kappa shape index (κ2) is 6.22. The molecule has 0 saturated carbocycles. The minimum Gasteiger partial charge on any atom is -0.486 e. The lowest BCUT2D eigenvalue weighted by Crippen LogP contribution is -2.17. The van der Waals surface area contributed by atoms with Crippen molar-refractivity contribution in [1.82, 2.24) is 0 Å². The lowest BCUT2D eigenvalue weighted by Gasteiger charge is -2.21. The maximum absolute atomic E-state index is 6.15. The number of ether oxygens (including phenoxy) is 2. The third-order valence-corrected chi connectivity index (χ3v) is 4.16. The van der Waals surface area contributed by atoms with Gasteiger partial charge in [0, 0.05) is 12.1 Å². The van der Waals surface area contributed by atoms with E-state index in [1.54, 1.807) is 12.1 Å². The molecule has 3 nitrogen and oxygen atoms in total. The van der Waals surface area contributed by atoms with Crippen molar-refractivity contribution in [2.75, 3.05) is 18.5 Å². The number of hydrogen-bond acceptors (Lipinski definition) is 3. The molecule has 0 fully saturated rings. The average Bonchev–Trinajstić information content (AvgIpc) is 2.49. The van der Waals surface area contributed by atoms with Crippen molar-refractivity contribution in [1.29, 1.82) is 0 Å². The van der Waals surface area contributed by atoms with Gasteiger partial charge in [-0.1, -0.05) is 46.9 Å². The van der Waals surface area contributed by atoms with Gasteiger partial charge in [0.25, 0.3) is 0 Å². The van der Waals surface area contributed by atoms with E-state index in [0.29, 0.717) is 34.8 Å². The fraction of sp³-hybridized carbons (Fsp3) is 0.200. The summed E-state index contributed by atoms with van der Waals surface area (Å²) in [7, 11) is 0.